The Morgan fingerprint density at radius 1 is 1.10 bits per heavy atom. The van der Waals surface area contributed by atoms with Crippen LogP contribution in [-0.4, -0.2) is 26.6 Å². The fourth-order valence-electron chi connectivity index (χ4n) is 3.24. The third-order valence-electron chi connectivity index (χ3n) is 4.75. The molecular formula is C24H18ClF2NO3. The first-order valence-electron chi connectivity index (χ1n) is 9.35. The highest BCUT2D eigenvalue weighted by Gasteiger charge is 2.23. The second-order valence-electron chi connectivity index (χ2n) is 6.64. The van der Waals surface area contributed by atoms with Gasteiger partial charge in [-0.3, -0.25) is 0 Å². The van der Waals surface area contributed by atoms with Gasteiger partial charge in [-0.1, -0.05) is 41.9 Å². The Hall–Kier alpha value is -3.27. The largest absolute Gasteiger partial charge is 0.488 e. The van der Waals surface area contributed by atoms with Crippen LogP contribution in [0.5, 0.6) is 5.75 Å². The van der Waals surface area contributed by atoms with Crippen molar-refractivity contribution in [3.05, 3.63) is 87.9 Å². The summed E-state index contributed by atoms with van der Waals surface area (Å²) in [4.78, 5) is 11.8. The molecule has 0 saturated carbocycles. The molecule has 3 aromatic carbocycles. The van der Waals surface area contributed by atoms with E-state index in [0.29, 0.717) is 11.8 Å². The number of rotatable bonds is 8. The molecule has 0 fully saturated rings. The van der Waals surface area contributed by atoms with Crippen LogP contribution in [0.1, 0.15) is 22.6 Å². The molecule has 158 valence electrons. The highest BCUT2D eigenvalue weighted by molar-refractivity contribution is 6.33. The quantitative estimate of drug-likeness (QED) is 0.341. The molecule has 3 aromatic rings. The first-order chi connectivity index (χ1) is 15.0. The maximum Gasteiger partial charge on any atom is 0.174 e. The number of carbonyl (C=O) groups is 1. The summed E-state index contributed by atoms with van der Waals surface area (Å²) >= 11 is 6.17. The summed E-state index contributed by atoms with van der Waals surface area (Å²) in [5.74, 6) is -2.59. The summed E-state index contributed by atoms with van der Waals surface area (Å²) in [6, 6.07) is 15.9. The molecular weight excluding hydrogens is 424 g/mol. The molecule has 0 N–H and O–H groups in total. The molecule has 0 spiro atoms. The second-order valence-corrected chi connectivity index (χ2v) is 7.02. The number of methoxy groups -OCH3 is 1. The molecule has 0 aliphatic heterocycles. The molecule has 0 radical (unpaired) electrons. The SMILES string of the molecule is COCCOc1ccc(C#N)c(-c2cc(C(C=O)c3ccccc3)cc(F)c2Cl)c1F. The lowest BCUT2D eigenvalue weighted by Crippen LogP contribution is -2.07. The smallest absolute Gasteiger partial charge is 0.174 e. The van der Waals surface area contributed by atoms with Crippen molar-refractivity contribution in [2.75, 3.05) is 20.3 Å². The second kappa shape index (κ2) is 10.2. The Balaban J connectivity index is 2.18. The number of nitriles is 1. The number of ether oxygens (including phenoxy) is 2. The molecule has 1 unspecified atom stereocenters. The molecule has 0 bridgehead atoms. The average Bonchev–Trinajstić information content (AvgIpc) is 2.78. The predicted octanol–water partition coefficient (Wildman–Crippen LogP) is 5.51. The van der Waals surface area contributed by atoms with Crippen LogP contribution in [0.15, 0.2) is 54.6 Å². The predicted molar refractivity (Wildman–Crippen MR) is 113 cm³/mol. The van der Waals surface area contributed by atoms with Gasteiger partial charge in [-0.05, 0) is 35.4 Å². The van der Waals surface area contributed by atoms with E-state index < -0.39 is 17.6 Å². The summed E-state index contributed by atoms with van der Waals surface area (Å²) in [7, 11) is 1.48. The van der Waals surface area contributed by atoms with Gasteiger partial charge in [0, 0.05) is 18.2 Å². The van der Waals surface area contributed by atoms with Crippen LogP contribution in [0.25, 0.3) is 11.1 Å². The van der Waals surface area contributed by atoms with E-state index in [1.165, 1.54) is 25.3 Å². The molecule has 0 aliphatic rings. The van der Waals surface area contributed by atoms with Crippen LogP contribution < -0.4 is 4.74 Å². The minimum atomic E-state index is -0.851. The van der Waals surface area contributed by atoms with Crippen LogP contribution in [-0.2, 0) is 9.53 Å². The van der Waals surface area contributed by atoms with Crippen LogP contribution in [0.4, 0.5) is 8.78 Å². The zero-order chi connectivity index (χ0) is 22.4. The summed E-state index contributed by atoms with van der Waals surface area (Å²) in [6.07, 6.45) is 0.674. The molecule has 7 heteroatoms. The fourth-order valence-corrected chi connectivity index (χ4v) is 3.44. The van der Waals surface area contributed by atoms with Gasteiger partial charge < -0.3 is 14.3 Å². The first-order valence-corrected chi connectivity index (χ1v) is 9.73. The Kier molecular flexibility index (Phi) is 7.35. The monoisotopic (exact) mass is 441 g/mol. The highest BCUT2D eigenvalue weighted by atomic mass is 35.5. The fraction of sp³-hybridized carbons (Fsp3) is 0.167. The maximum absolute atomic E-state index is 15.3. The van der Waals surface area contributed by atoms with Crippen molar-refractivity contribution in [1.82, 2.24) is 0 Å². The molecule has 0 aromatic heterocycles. The van der Waals surface area contributed by atoms with Gasteiger partial charge in [-0.15, -0.1) is 0 Å². The zero-order valence-electron chi connectivity index (χ0n) is 16.6. The van der Waals surface area contributed by atoms with E-state index in [1.54, 1.807) is 30.3 Å². The standard InChI is InChI=1S/C24H18ClF2NO3/c1-30-9-10-31-21-8-7-16(13-28)22(24(21)27)18-11-17(12-20(26)23(18)25)19(14-29)15-5-3-2-4-6-15/h2-8,11-12,14,19H,9-10H2,1H3. The Morgan fingerprint density at radius 3 is 2.48 bits per heavy atom. The van der Waals surface area contributed by atoms with E-state index in [4.69, 9.17) is 21.1 Å². The number of halogens is 3. The van der Waals surface area contributed by atoms with Crippen LogP contribution >= 0.6 is 11.6 Å². The first kappa shape index (κ1) is 22.4. The van der Waals surface area contributed by atoms with E-state index in [2.05, 4.69) is 0 Å². The van der Waals surface area contributed by atoms with E-state index in [-0.39, 0.29) is 46.2 Å². The normalized spacial score (nSPS) is 11.6. The summed E-state index contributed by atoms with van der Waals surface area (Å²) in [5.41, 5.74) is 0.652. The van der Waals surface area contributed by atoms with Gasteiger partial charge >= 0.3 is 0 Å². The van der Waals surface area contributed by atoms with Crippen molar-refractivity contribution in [1.29, 1.82) is 5.26 Å². The summed E-state index contributed by atoms with van der Waals surface area (Å²) < 4.78 is 40.3. The third-order valence-corrected chi connectivity index (χ3v) is 5.13. The minimum absolute atomic E-state index is 0.0364. The Morgan fingerprint density at radius 2 is 1.84 bits per heavy atom. The lowest BCUT2D eigenvalue weighted by Gasteiger charge is -2.17. The van der Waals surface area contributed by atoms with Gasteiger partial charge in [0.15, 0.2) is 11.6 Å². The molecule has 0 aliphatic carbocycles. The number of hydrogen-bond donors (Lipinski definition) is 0. The zero-order valence-corrected chi connectivity index (χ0v) is 17.3. The van der Waals surface area contributed by atoms with Gasteiger partial charge in [0.05, 0.1) is 29.2 Å². The highest BCUT2D eigenvalue weighted by Crippen LogP contribution is 2.40. The van der Waals surface area contributed by atoms with Crippen LogP contribution in [0.3, 0.4) is 0 Å². The molecule has 31 heavy (non-hydrogen) atoms. The minimum Gasteiger partial charge on any atom is -0.488 e. The number of aldehydes is 1. The molecule has 4 nitrogen and oxygen atoms in total. The lowest BCUT2D eigenvalue weighted by molar-refractivity contribution is -0.108. The maximum atomic E-state index is 15.3. The van der Waals surface area contributed by atoms with Gasteiger partial charge in [0.25, 0.3) is 0 Å². The van der Waals surface area contributed by atoms with Crippen molar-refractivity contribution in [3.63, 3.8) is 0 Å². The molecule has 0 saturated heterocycles. The van der Waals surface area contributed by atoms with E-state index >= 15 is 4.39 Å². The van der Waals surface area contributed by atoms with Crippen molar-refractivity contribution in [2.24, 2.45) is 0 Å². The number of hydrogen-bond acceptors (Lipinski definition) is 4. The Labute approximate surface area is 183 Å². The van der Waals surface area contributed by atoms with E-state index in [1.807, 2.05) is 6.07 Å². The van der Waals surface area contributed by atoms with E-state index in [0.717, 1.165) is 6.07 Å². The number of benzene rings is 3. The van der Waals surface area contributed by atoms with E-state index in [9.17, 15) is 14.4 Å². The van der Waals surface area contributed by atoms with Crippen molar-refractivity contribution in [2.45, 2.75) is 5.92 Å². The van der Waals surface area contributed by atoms with Gasteiger partial charge in [0.1, 0.15) is 18.7 Å². The van der Waals surface area contributed by atoms with Crippen molar-refractivity contribution in [3.8, 4) is 22.9 Å². The topological polar surface area (TPSA) is 59.3 Å². The number of nitrogens with zero attached hydrogens (tertiary/aromatic N) is 1. The average molecular weight is 442 g/mol. The summed E-state index contributed by atoms with van der Waals surface area (Å²) in [6.45, 7) is 0.319. The van der Waals surface area contributed by atoms with Crippen molar-refractivity contribution < 1.29 is 23.0 Å². The van der Waals surface area contributed by atoms with Crippen LogP contribution in [0, 0.1) is 23.0 Å². The number of carbonyl (C=O) groups excluding carboxylic acids is 1. The molecule has 1 atom stereocenters. The van der Waals surface area contributed by atoms with Gasteiger partial charge in [-0.2, -0.15) is 5.26 Å². The Bertz CT molecular complexity index is 1130. The van der Waals surface area contributed by atoms with Gasteiger partial charge in [-0.25, -0.2) is 8.78 Å². The lowest BCUT2D eigenvalue weighted by atomic mass is 9.89. The third kappa shape index (κ3) is 4.74. The molecule has 0 heterocycles. The van der Waals surface area contributed by atoms with Gasteiger partial charge in [0.2, 0.25) is 0 Å². The molecule has 0 amide bonds. The molecule has 3 rings (SSSR count). The summed E-state index contributed by atoms with van der Waals surface area (Å²) in [5, 5.41) is 9.15. The van der Waals surface area contributed by atoms with Crippen molar-refractivity contribution >= 4 is 17.9 Å². The van der Waals surface area contributed by atoms with Crippen LogP contribution in [0.2, 0.25) is 5.02 Å².